The van der Waals surface area contributed by atoms with Crippen molar-refractivity contribution in [2.75, 3.05) is 32.7 Å². The van der Waals surface area contributed by atoms with E-state index in [2.05, 4.69) is 18.7 Å². The maximum atomic E-state index is 12.6. The van der Waals surface area contributed by atoms with E-state index in [0.29, 0.717) is 6.54 Å². The van der Waals surface area contributed by atoms with Gasteiger partial charge in [0, 0.05) is 45.0 Å². The molecule has 5 nitrogen and oxygen atoms in total. The van der Waals surface area contributed by atoms with Crippen LogP contribution in [0.5, 0.6) is 0 Å². The fourth-order valence-corrected chi connectivity index (χ4v) is 2.84. The topological polar surface area (TPSA) is 48.7 Å². The molecule has 1 saturated heterocycles. The Balaban J connectivity index is 1.96. The fourth-order valence-electron chi connectivity index (χ4n) is 2.84. The molecule has 0 atom stereocenters. The number of carbonyl (C=O) groups excluding carboxylic acids is 1. The highest BCUT2D eigenvalue weighted by atomic mass is 16.3. The minimum Gasteiger partial charge on any atom is -0.389 e. The fraction of sp³-hybridized carbons (Fsp3) is 0.688. The van der Waals surface area contributed by atoms with Gasteiger partial charge in [-0.2, -0.15) is 0 Å². The highest BCUT2D eigenvalue weighted by molar-refractivity contribution is 5.92. The number of nitrogens with zero attached hydrogens (tertiary/aromatic N) is 3. The third-order valence-corrected chi connectivity index (χ3v) is 3.82. The predicted octanol–water partition coefficient (Wildman–Crippen LogP) is 1.60. The number of aliphatic hydroxyl groups is 1. The molecule has 2 heterocycles. The summed E-state index contributed by atoms with van der Waals surface area (Å²) in [5, 5.41) is 9.87. The Kier molecular flexibility index (Phi) is 4.74. The van der Waals surface area contributed by atoms with E-state index in [1.807, 2.05) is 41.6 Å². The largest absolute Gasteiger partial charge is 0.389 e. The van der Waals surface area contributed by atoms with Crippen molar-refractivity contribution in [1.29, 1.82) is 0 Å². The number of hydrogen-bond donors (Lipinski definition) is 1. The Morgan fingerprint density at radius 1 is 1.29 bits per heavy atom. The van der Waals surface area contributed by atoms with Crippen LogP contribution in [0.4, 0.5) is 0 Å². The predicted molar refractivity (Wildman–Crippen MR) is 83.5 cm³/mol. The summed E-state index contributed by atoms with van der Waals surface area (Å²) < 4.78 is 2.02. The normalized spacial score (nSPS) is 17.5. The van der Waals surface area contributed by atoms with Crippen molar-refractivity contribution in [3.05, 3.63) is 24.0 Å². The first-order chi connectivity index (χ1) is 9.78. The first-order valence-corrected chi connectivity index (χ1v) is 7.69. The molecule has 118 valence electrons. The Bertz CT molecular complexity index is 480. The van der Waals surface area contributed by atoms with Gasteiger partial charge in [0.25, 0.3) is 5.91 Å². The van der Waals surface area contributed by atoms with Crippen molar-refractivity contribution in [1.82, 2.24) is 14.4 Å². The highest BCUT2D eigenvalue weighted by Crippen LogP contribution is 2.15. The molecule has 0 unspecified atom stereocenters. The number of β-amino-alcohol motifs (C(OH)–C–C–N with tert-alkyl or cyclic N) is 1. The van der Waals surface area contributed by atoms with Crippen LogP contribution in [0.2, 0.25) is 0 Å². The van der Waals surface area contributed by atoms with Crippen LogP contribution in [0.3, 0.4) is 0 Å². The third-order valence-electron chi connectivity index (χ3n) is 3.82. The average molecular weight is 293 g/mol. The summed E-state index contributed by atoms with van der Waals surface area (Å²) in [6.45, 7) is 11.5. The lowest BCUT2D eigenvalue weighted by atomic mass is 10.1. The van der Waals surface area contributed by atoms with E-state index < -0.39 is 5.60 Å². The van der Waals surface area contributed by atoms with Gasteiger partial charge in [-0.1, -0.05) is 0 Å². The van der Waals surface area contributed by atoms with Crippen LogP contribution in [0.25, 0.3) is 0 Å². The van der Waals surface area contributed by atoms with Gasteiger partial charge in [-0.25, -0.2) is 0 Å². The molecule has 1 aliphatic heterocycles. The first-order valence-electron chi connectivity index (χ1n) is 7.69. The van der Waals surface area contributed by atoms with Crippen molar-refractivity contribution < 1.29 is 9.90 Å². The molecular formula is C16H27N3O2. The number of amides is 1. The number of carbonyl (C=O) groups is 1. The van der Waals surface area contributed by atoms with Gasteiger partial charge in [0.05, 0.1) is 5.60 Å². The van der Waals surface area contributed by atoms with Crippen molar-refractivity contribution >= 4 is 5.91 Å². The molecule has 1 amide bonds. The lowest BCUT2D eigenvalue weighted by Crippen LogP contribution is -2.52. The molecule has 0 aliphatic carbocycles. The third kappa shape index (κ3) is 4.08. The van der Waals surface area contributed by atoms with Crippen LogP contribution < -0.4 is 0 Å². The summed E-state index contributed by atoms with van der Waals surface area (Å²) in [6, 6.07) is 4.11. The molecule has 0 aromatic carbocycles. The smallest absolute Gasteiger partial charge is 0.270 e. The molecule has 0 saturated carbocycles. The standard InChI is InChI=1S/C16H27N3O2/c1-13(2)19-7-5-6-14(19)15(20)18-10-8-17(9-11-18)12-16(3,4)21/h5-7,13,21H,8-12H2,1-4H3. The van der Waals surface area contributed by atoms with E-state index in [1.165, 1.54) is 0 Å². The van der Waals surface area contributed by atoms with Crippen LogP contribution in [0.15, 0.2) is 18.3 Å². The van der Waals surface area contributed by atoms with Gasteiger partial charge in [0.1, 0.15) is 5.69 Å². The second kappa shape index (κ2) is 6.20. The molecule has 1 N–H and O–H groups in total. The van der Waals surface area contributed by atoms with E-state index in [0.717, 1.165) is 31.9 Å². The van der Waals surface area contributed by atoms with Gasteiger partial charge in [-0.05, 0) is 39.8 Å². The zero-order valence-corrected chi connectivity index (χ0v) is 13.5. The quantitative estimate of drug-likeness (QED) is 0.917. The number of piperazine rings is 1. The molecule has 1 aromatic rings. The highest BCUT2D eigenvalue weighted by Gasteiger charge is 2.26. The van der Waals surface area contributed by atoms with Crippen molar-refractivity contribution in [2.24, 2.45) is 0 Å². The van der Waals surface area contributed by atoms with Crippen molar-refractivity contribution in [3.63, 3.8) is 0 Å². The Labute approximate surface area is 127 Å². The SMILES string of the molecule is CC(C)n1cccc1C(=O)N1CCN(CC(C)(C)O)CC1. The molecule has 0 spiro atoms. The number of aromatic nitrogens is 1. The van der Waals surface area contributed by atoms with Crippen LogP contribution in [0, 0.1) is 0 Å². The molecule has 1 aliphatic rings. The van der Waals surface area contributed by atoms with Gasteiger partial charge in [-0.3, -0.25) is 9.69 Å². The van der Waals surface area contributed by atoms with Crippen molar-refractivity contribution in [3.8, 4) is 0 Å². The monoisotopic (exact) mass is 293 g/mol. The molecular weight excluding hydrogens is 266 g/mol. The maximum Gasteiger partial charge on any atom is 0.270 e. The maximum absolute atomic E-state index is 12.6. The zero-order valence-electron chi connectivity index (χ0n) is 13.5. The number of rotatable bonds is 4. The second-order valence-corrected chi connectivity index (χ2v) is 6.78. The number of hydrogen-bond acceptors (Lipinski definition) is 3. The minimum absolute atomic E-state index is 0.108. The average Bonchev–Trinajstić information content (AvgIpc) is 2.86. The zero-order chi connectivity index (χ0) is 15.6. The Morgan fingerprint density at radius 2 is 1.90 bits per heavy atom. The minimum atomic E-state index is -0.682. The van der Waals surface area contributed by atoms with Gasteiger partial charge in [0.2, 0.25) is 0 Å². The van der Waals surface area contributed by atoms with E-state index >= 15 is 0 Å². The molecule has 2 rings (SSSR count). The summed E-state index contributed by atoms with van der Waals surface area (Å²) in [4.78, 5) is 16.7. The molecule has 0 radical (unpaired) electrons. The van der Waals surface area contributed by atoms with E-state index in [1.54, 1.807) is 0 Å². The molecule has 21 heavy (non-hydrogen) atoms. The summed E-state index contributed by atoms with van der Waals surface area (Å²) in [6.07, 6.45) is 1.96. The van der Waals surface area contributed by atoms with Crippen LogP contribution in [-0.2, 0) is 0 Å². The van der Waals surface area contributed by atoms with Crippen LogP contribution >= 0.6 is 0 Å². The van der Waals surface area contributed by atoms with E-state index in [9.17, 15) is 9.90 Å². The van der Waals surface area contributed by atoms with Gasteiger partial charge < -0.3 is 14.6 Å². The summed E-state index contributed by atoms with van der Waals surface area (Å²) >= 11 is 0. The summed E-state index contributed by atoms with van der Waals surface area (Å²) in [5.74, 6) is 0.108. The van der Waals surface area contributed by atoms with Crippen LogP contribution in [0.1, 0.15) is 44.2 Å². The van der Waals surface area contributed by atoms with Gasteiger partial charge in [0.15, 0.2) is 0 Å². The lowest BCUT2D eigenvalue weighted by molar-refractivity contribution is 0.0176. The summed E-state index contributed by atoms with van der Waals surface area (Å²) in [7, 11) is 0. The van der Waals surface area contributed by atoms with E-state index in [-0.39, 0.29) is 11.9 Å². The Morgan fingerprint density at radius 3 is 2.43 bits per heavy atom. The van der Waals surface area contributed by atoms with Gasteiger partial charge >= 0.3 is 0 Å². The second-order valence-electron chi connectivity index (χ2n) is 6.78. The summed E-state index contributed by atoms with van der Waals surface area (Å²) in [5.41, 5.74) is 0.0827. The molecule has 5 heteroatoms. The van der Waals surface area contributed by atoms with Crippen LogP contribution in [-0.4, -0.2) is 63.7 Å². The molecule has 1 fully saturated rings. The van der Waals surface area contributed by atoms with E-state index in [4.69, 9.17) is 0 Å². The van der Waals surface area contributed by atoms with Crippen molar-refractivity contribution in [2.45, 2.75) is 39.3 Å². The Hall–Kier alpha value is -1.33. The first kappa shape index (κ1) is 16.0. The molecule has 1 aromatic heterocycles. The molecule has 0 bridgehead atoms. The lowest BCUT2D eigenvalue weighted by Gasteiger charge is -2.37. The van der Waals surface area contributed by atoms with Gasteiger partial charge in [-0.15, -0.1) is 0 Å².